The van der Waals surface area contributed by atoms with Gasteiger partial charge in [0.15, 0.2) is 0 Å². The van der Waals surface area contributed by atoms with Crippen molar-refractivity contribution in [3.63, 3.8) is 0 Å². The van der Waals surface area contributed by atoms with Crippen molar-refractivity contribution in [3.05, 3.63) is 47.7 Å². The molecule has 0 amide bonds. The third-order valence-electron chi connectivity index (χ3n) is 2.92. The van der Waals surface area contributed by atoms with Crippen LogP contribution < -0.4 is 0 Å². The lowest BCUT2D eigenvalue weighted by Gasteiger charge is -2.21. The highest BCUT2D eigenvalue weighted by atomic mass is 35.5. The van der Waals surface area contributed by atoms with Gasteiger partial charge in [-0.15, -0.1) is 11.6 Å². The Balaban J connectivity index is 3.10. The molecule has 2 heteroatoms. The van der Waals surface area contributed by atoms with Gasteiger partial charge in [0.05, 0.1) is 11.6 Å². The predicted octanol–water partition coefficient (Wildman–Crippen LogP) is 5.06. The Morgan fingerprint density at radius 1 is 1.50 bits per heavy atom. The second-order valence-corrected chi connectivity index (χ2v) is 5.73. The maximum atomic E-state index is 5.83. The molecular weight excluding hydrogens is 242 g/mol. The van der Waals surface area contributed by atoms with Crippen molar-refractivity contribution in [3.8, 4) is 0 Å². The molecule has 0 saturated carbocycles. The van der Waals surface area contributed by atoms with E-state index in [1.165, 1.54) is 5.57 Å². The second kappa shape index (κ2) is 6.19. The highest BCUT2D eigenvalue weighted by Crippen LogP contribution is 2.29. The van der Waals surface area contributed by atoms with E-state index in [1.807, 2.05) is 0 Å². The zero-order valence-corrected chi connectivity index (χ0v) is 12.5. The average Bonchev–Trinajstić information content (AvgIpc) is 2.46. The molecule has 1 nitrogen and oxygen atoms in total. The van der Waals surface area contributed by atoms with Crippen LogP contribution in [0, 0.1) is 5.41 Å². The molecule has 0 atom stereocenters. The SMILES string of the molecule is C=C1N=C(CCl)CC=C/C1=C/C(=C\C)C(C)(C)C. The van der Waals surface area contributed by atoms with Gasteiger partial charge in [0, 0.05) is 12.1 Å². The summed E-state index contributed by atoms with van der Waals surface area (Å²) >= 11 is 5.83. The quantitative estimate of drug-likeness (QED) is 0.618. The van der Waals surface area contributed by atoms with Gasteiger partial charge in [-0.3, -0.25) is 4.99 Å². The Morgan fingerprint density at radius 2 is 2.17 bits per heavy atom. The molecule has 0 aliphatic carbocycles. The summed E-state index contributed by atoms with van der Waals surface area (Å²) < 4.78 is 0. The van der Waals surface area contributed by atoms with Gasteiger partial charge in [-0.2, -0.15) is 0 Å². The van der Waals surface area contributed by atoms with Crippen molar-refractivity contribution in [2.75, 3.05) is 5.88 Å². The first-order valence-corrected chi connectivity index (χ1v) is 6.78. The Labute approximate surface area is 116 Å². The van der Waals surface area contributed by atoms with E-state index in [9.17, 15) is 0 Å². The molecule has 98 valence electrons. The molecule has 1 aliphatic heterocycles. The molecule has 0 spiro atoms. The van der Waals surface area contributed by atoms with Crippen LogP contribution in [-0.2, 0) is 0 Å². The molecule has 0 bridgehead atoms. The minimum Gasteiger partial charge on any atom is -0.256 e. The molecule has 0 aromatic rings. The maximum absolute atomic E-state index is 5.83. The molecule has 1 aliphatic rings. The summed E-state index contributed by atoms with van der Waals surface area (Å²) in [5, 5.41) is 0. The molecule has 0 aromatic heterocycles. The van der Waals surface area contributed by atoms with Crippen LogP contribution in [0.3, 0.4) is 0 Å². The molecule has 0 N–H and O–H groups in total. The molecule has 0 radical (unpaired) electrons. The van der Waals surface area contributed by atoms with Crippen molar-refractivity contribution < 1.29 is 0 Å². The van der Waals surface area contributed by atoms with Crippen LogP contribution in [0.4, 0.5) is 0 Å². The predicted molar refractivity (Wildman–Crippen MR) is 82.3 cm³/mol. The van der Waals surface area contributed by atoms with Gasteiger partial charge in [-0.05, 0) is 29.6 Å². The van der Waals surface area contributed by atoms with Crippen LogP contribution >= 0.6 is 11.6 Å². The summed E-state index contributed by atoms with van der Waals surface area (Å²) in [6, 6.07) is 0. The van der Waals surface area contributed by atoms with E-state index in [1.54, 1.807) is 0 Å². The molecule has 1 rings (SSSR count). The van der Waals surface area contributed by atoms with Crippen molar-refractivity contribution in [1.82, 2.24) is 0 Å². The van der Waals surface area contributed by atoms with E-state index >= 15 is 0 Å². The van der Waals surface area contributed by atoms with Gasteiger partial charge < -0.3 is 0 Å². The summed E-state index contributed by atoms with van der Waals surface area (Å²) in [6.45, 7) is 12.7. The van der Waals surface area contributed by atoms with Crippen molar-refractivity contribution in [1.29, 1.82) is 0 Å². The fraction of sp³-hybridized carbons (Fsp3) is 0.438. The minimum absolute atomic E-state index is 0.126. The standard InChI is InChI=1S/C16H22ClN/c1-6-14(16(3,4)5)10-13-8-7-9-15(11-17)18-12(13)2/h6-8,10H,2,9,11H2,1,3-5H3/b13-10-,14-6+. The Morgan fingerprint density at radius 3 is 2.67 bits per heavy atom. The highest BCUT2D eigenvalue weighted by molar-refractivity contribution is 6.28. The number of nitrogens with zero attached hydrogens (tertiary/aromatic N) is 1. The summed E-state index contributed by atoms with van der Waals surface area (Å²) in [4.78, 5) is 4.48. The minimum atomic E-state index is 0.126. The van der Waals surface area contributed by atoms with E-state index in [4.69, 9.17) is 11.6 Å². The number of rotatable bonds is 2. The summed E-state index contributed by atoms with van der Waals surface area (Å²) in [7, 11) is 0. The largest absolute Gasteiger partial charge is 0.256 e. The number of alkyl halides is 1. The molecule has 18 heavy (non-hydrogen) atoms. The van der Waals surface area contributed by atoms with Crippen molar-refractivity contribution >= 4 is 17.3 Å². The molecular formula is C16H22ClN. The van der Waals surface area contributed by atoms with Gasteiger partial charge in [-0.1, -0.05) is 45.6 Å². The van der Waals surface area contributed by atoms with E-state index < -0.39 is 0 Å². The van der Waals surface area contributed by atoms with Gasteiger partial charge in [0.25, 0.3) is 0 Å². The van der Waals surface area contributed by atoms with Crippen LogP contribution in [0.15, 0.2) is 52.7 Å². The molecule has 1 heterocycles. The third kappa shape index (κ3) is 3.99. The fourth-order valence-electron chi connectivity index (χ4n) is 1.84. The smallest absolute Gasteiger partial charge is 0.0630 e. The fourth-order valence-corrected chi connectivity index (χ4v) is 2.00. The molecule has 0 aromatic carbocycles. The summed E-state index contributed by atoms with van der Waals surface area (Å²) in [5.74, 6) is 0.465. The lowest BCUT2D eigenvalue weighted by molar-refractivity contribution is 0.516. The molecule has 0 unspecified atom stereocenters. The van der Waals surface area contributed by atoms with Crippen molar-refractivity contribution in [2.45, 2.75) is 34.1 Å². The van der Waals surface area contributed by atoms with Gasteiger partial charge >= 0.3 is 0 Å². The van der Waals surface area contributed by atoms with Gasteiger partial charge in [-0.25, -0.2) is 0 Å². The third-order valence-corrected chi connectivity index (χ3v) is 3.23. The lowest BCUT2D eigenvalue weighted by atomic mass is 9.85. The molecule has 0 saturated heterocycles. The van der Waals surface area contributed by atoms with Crippen molar-refractivity contribution in [2.24, 2.45) is 10.4 Å². The monoisotopic (exact) mass is 263 g/mol. The van der Waals surface area contributed by atoms with E-state index in [0.29, 0.717) is 5.88 Å². The summed E-state index contributed by atoms with van der Waals surface area (Å²) in [5.41, 5.74) is 4.24. The summed E-state index contributed by atoms with van der Waals surface area (Å²) in [6.07, 6.45) is 9.30. The number of halogens is 1. The van der Waals surface area contributed by atoms with Crippen LogP contribution in [0.25, 0.3) is 0 Å². The Bertz CT molecular complexity index is 442. The maximum Gasteiger partial charge on any atom is 0.0630 e. The normalized spacial score (nSPS) is 20.1. The van der Waals surface area contributed by atoms with Crippen LogP contribution in [0.5, 0.6) is 0 Å². The molecule has 0 fully saturated rings. The topological polar surface area (TPSA) is 12.4 Å². The number of hydrogen-bond acceptors (Lipinski definition) is 1. The first kappa shape index (κ1) is 15.0. The lowest BCUT2D eigenvalue weighted by Crippen LogP contribution is -2.07. The number of hydrogen-bond donors (Lipinski definition) is 0. The van der Waals surface area contributed by atoms with Gasteiger partial charge in [0.2, 0.25) is 0 Å². The van der Waals surface area contributed by atoms with Gasteiger partial charge in [0.1, 0.15) is 0 Å². The van der Waals surface area contributed by atoms with E-state index in [2.05, 4.69) is 63.6 Å². The first-order valence-electron chi connectivity index (χ1n) is 6.25. The van der Waals surface area contributed by atoms with Crippen LogP contribution in [0.1, 0.15) is 34.1 Å². The number of aliphatic imine (C=N–C) groups is 1. The van der Waals surface area contributed by atoms with E-state index in [-0.39, 0.29) is 5.41 Å². The highest BCUT2D eigenvalue weighted by Gasteiger charge is 2.15. The zero-order valence-electron chi connectivity index (χ0n) is 11.8. The Hall–Kier alpha value is -1.08. The first-order chi connectivity index (χ1) is 8.38. The zero-order chi connectivity index (χ0) is 13.8. The van der Waals surface area contributed by atoms with Crippen LogP contribution in [0.2, 0.25) is 0 Å². The van der Waals surface area contributed by atoms with E-state index in [0.717, 1.165) is 23.4 Å². The average molecular weight is 264 g/mol. The van der Waals surface area contributed by atoms with Crippen LogP contribution in [-0.4, -0.2) is 11.6 Å². The Kier molecular flexibility index (Phi) is 5.15. The number of allylic oxidation sites excluding steroid dienone is 5. The second-order valence-electron chi connectivity index (χ2n) is 5.46.